The Morgan fingerprint density at radius 2 is 2.04 bits per heavy atom. The van der Waals surface area contributed by atoms with Gasteiger partial charge >= 0.3 is 12.1 Å². The second-order valence-corrected chi connectivity index (χ2v) is 5.97. The highest BCUT2D eigenvalue weighted by Gasteiger charge is 2.33. The molecule has 0 saturated carbocycles. The Bertz CT molecular complexity index is 662. The number of aryl methyl sites for hydroxylation is 1. The molecule has 2 rings (SSSR count). The molecule has 1 saturated heterocycles. The molecular formula is C17H20F3NO5. The molecule has 1 heterocycles. The van der Waals surface area contributed by atoms with Crippen LogP contribution in [0.15, 0.2) is 18.2 Å². The molecule has 0 spiro atoms. The van der Waals surface area contributed by atoms with Crippen molar-refractivity contribution in [2.45, 2.75) is 37.9 Å². The molecule has 0 aromatic heterocycles. The Labute approximate surface area is 148 Å². The van der Waals surface area contributed by atoms with Gasteiger partial charge in [-0.05, 0) is 37.0 Å². The maximum atomic E-state index is 12.3. The summed E-state index contributed by atoms with van der Waals surface area (Å²) in [7, 11) is 1.31. The standard InChI is InChI=1S/C17H20F3NO5/c1-25-14-9-11(4-6-13(14)26-10-17(18,19)20)5-7-15(22)21-8-2-3-12(21)16(23)24/h4,6,9,12H,2-3,5,7-8,10H2,1H3,(H,23,24)/t12-/m1/s1. The van der Waals surface area contributed by atoms with Crippen molar-refractivity contribution in [3.05, 3.63) is 23.8 Å². The predicted octanol–water partition coefficient (Wildman–Crippen LogP) is 2.64. The molecule has 0 radical (unpaired) electrons. The number of rotatable bonds is 7. The van der Waals surface area contributed by atoms with Gasteiger partial charge in [-0.1, -0.05) is 6.07 Å². The van der Waals surface area contributed by atoms with Crippen molar-refractivity contribution in [3.8, 4) is 11.5 Å². The third-order valence-corrected chi connectivity index (χ3v) is 4.11. The van der Waals surface area contributed by atoms with Crippen LogP contribution in [0.5, 0.6) is 11.5 Å². The Morgan fingerprint density at radius 3 is 2.65 bits per heavy atom. The van der Waals surface area contributed by atoms with Crippen LogP contribution in [-0.4, -0.2) is 54.4 Å². The average molecular weight is 375 g/mol. The molecule has 0 bridgehead atoms. The molecule has 144 valence electrons. The molecule has 1 amide bonds. The zero-order valence-electron chi connectivity index (χ0n) is 14.2. The van der Waals surface area contributed by atoms with Gasteiger partial charge in [0.05, 0.1) is 7.11 Å². The first-order chi connectivity index (χ1) is 12.2. The van der Waals surface area contributed by atoms with Crippen molar-refractivity contribution in [1.82, 2.24) is 4.90 Å². The van der Waals surface area contributed by atoms with E-state index in [1.165, 1.54) is 24.1 Å². The van der Waals surface area contributed by atoms with Gasteiger partial charge in [-0.25, -0.2) is 4.79 Å². The van der Waals surface area contributed by atoms with Gasteiger partial charge in [-0.2, -0.15) is 13.2 Å². The largest absolute Gasteiger partial charge is 0.493 e. The number of carboxylic acids is 1. The Kier molecular flexibility index (Phi) is 6.33. The van der Waals surface area contributed by atoms with Crippen LogP contribution in [0, 0.1) is 0 Å². The van der Waals surface area contributed by atoms with Gasteiger partial charge in [0.2, 0.25) is 5.91 Å². The van der Waals surface area contributed by atoms with E-state index >= 15 is 0 Å². The molecule has 0 aliphatic carbocycles. The monoisotopic (exact) mass is 375 g/mol. The van der Waals surface area contributed by atoms with Crippen molar-refractivity contribution >= 4 is 11.9 Å². The normalized spacial score (nSPS) is 17.2. The van der Waals surface area contributed by atoms with E-state index in [-0.39, 0.29) is 23.8 Å². The summed E-state index contributed by atoms with van der Waals surface area (Å²) in [6.45, 7) is -1.00. The fourth-order valence-electron chi connectivity index (χ4n) is 2.86. The fourth-order valence-corrected chi connectivity index (χ4v) is 2.86. The summed E-state index contributed by atoms with van der Waals surface area (Å²) in [6, 6.07) is 3.65. The Hall–Kier alpha value is -2.45. The van der Waals surface area contributed by atoms with Crippen LogP contribution in [-0.2, 0) is 16.0 Å². The molecule has 9 heteroatoms. The summed E-state index contributed by atoms with van der Waals surface area (Å²) in [5.41, 5.74) is 0.681. The maximum absolute atomic E-state index is 12.3. The van der Waals surface area contributed by atoms with E-state index in [4.69, 9.17) is 14.6 Å². The first kappa shape index (κ1) is 19.9. The fraction of sp³-hybridized carbons (Fsp3) is 0.529. The topological polar surface area (TPSA) is 76.1 Å². The lowest BCUT2D eigenvalue weighted by Gasteiger charge is -2.21. The number of carboxylic acid groups (broad SMARTS) is 1. The zero-order chi connectivity index (χ0) is 19.3. The highest BCUT2D eigenvalue weighted by Crippen LogP contribution is 2.30. The van der Waals surface area contributed by atoms with Crippen LogP contribution in [0.4, 0.5) is 13.2 Å². The summed E-state index contributed by atoms with van der Waals surface area (Å²) >= 11 is 0. The SMILES string of the molecule is COc1cc(CCC(=O)N2CCC[C@@H]2C(=O)O)ccc1OCC(F)(F)F. The summed E-state index contributed by atoms with van der Waals surface area (Å²) < 4.78 is 46.5. The van der Waals surface area contributed by atoms with E-state index in [1.807, 2.05) is 0 Å². The minimum atomic E-state index is -4.45. The smallest absolute Gasteiger partial charge is 0.422 e. The van der Waals surface area contributed by atoms with Gasteiger partial charge in [-0.15, -0.1) is 0 Å². The molecule has 1 aromatic carbocycles. The average Bonchev–Trinajstić information content (AvgIpc) is 3.07. The van der Waals surface area contributed by atoms with E-state index in [0.29, 0.717) is 31.4 Å². The minimum Gasteiger partial charge on any atom is -0.493 e. The number of hydrogen-bond donors (Lipinski definition) is 1. The first-order valence-electron chi connectivity index (χ1n) is 8.10. The van der Waals surface area contributed by atoms with E-state index in [9.17, 15) is 22.8 Å². The van der Waals surface area contributed by atoms with E-state index in [0.717, 1.165) is 0 Å². The summed E-state index contributed by atoms with van der Waals surface area (Å²) in [6.07, 6.45) is -2.93. The number of nitrogens with zero attached hydrogens (tertiary/aromatic N) is 1. The van der Waals surface area contributed by atoms with Crippen LogP contribution in [0.1, 0.15) is 24.8 Å². The van der Waals surface area contributed by atoms with Crippen LogP contribution in [0.3, 0.4) is 0 Å². The third-order valence-electron chi connectivity index (χ3n) is 4.11. The lowest BCUT2D eigenvalue weighted by molar-refractivity contribution is -0.153. The molecule has 1 aromatic rings. The first-order valence-corrected chi connectivity index (χ1v) is 8.10. The number of amides is 1. The molecule has 26 heavy (non-hydrogen) atoms. The van der Waals surface area contributed by atoms with Crippen molar-refractivity contribution in [1.29, 1.82) is 0 Å². The van der Waals surface area contributed by atoms with Gasteiger partial charge in [0.15, 0.2) is 18.1 Å². The number of hydrogen-bond acceptors (Lipinski definition) is 4. The van der Waals surface area contributed by atoms with Gasteiger partial charge in [0.1, 0.15) is 6.04 Å². The summed E-state index contributed by atoms with van der Waals surface area (Å²) in [5.74, 6) is -1.16. The molecule has 1 atom stereocenters. The second kappa shape index (κ2) is 8.29. The Balaban J connectivity index is 1.97. The number of aliphatic carboxylic acids is 1. The van der Waals surface area contributed by atoms with Crippen molar-refractivity contribution in [2.75, 3.05) is 20.3 Å². The van der Waals surface area contributed by atoms with E-state index < -0.39 is 24.8 Å². The molecule has 1 fully saturated rings. The van der Waals surface area contributed by atoms with Gasteiger partial charge < -0.3 is 19.5 Å². The molecule has 6 nitrogen and oxygen atoms in total. The number of benzene rings is 1. The summed E-state index contributed by atoms with van der Waals surface area (Å²) in [5, 5.41) is 9.12. The number of alkyl halides is 3. The number of carbonyl (C=O) groups excluding carboxylic acids is 1. The quantitative estimate of drug-likeness (QED) is 0.793. The molecule has 1 aliphatic rings. The maximum Gasteiger partial charge on any atom is 0.422 e. The molecule has 1 N–H and O–H groups in total. The molecule has 1 aliphatic heterocycles. The van der Waals surface area contributed by atoms with Crippen LogP contribution in [0.25, 0.3) is 0 Å². The number of likely N-dealkylation sites (tertiary alicyclic amines) is 1. The minimum absolute atomic E-state index is 0.0367. The van der Waals surface area contributed by atoms with Crippen LogP contribution < -0.4 is 9.47 Å². The predicted molar refractivity (Wildman–Crippen MR) is 85.2 cm³/mol. The third kappa shape index (κ3) is 5.27. The van der Waals surface area contributed by atoms with E-state index in [2.05, 4.69) is 0 Å². The van der Waals surface area contributed by atoms with Crippen molar-refractivity contribution in [3.63, 3.8) is 0 Å². The number of methoxy groups -OCH3 is 1. The number of carbonyl (C=O) groups is 2. The second-order valence-electron chi connectivity index (χ2n) is 5.97. The van der Waals surface area contributed by atoms with Crippen LogP contribution >= 0.6 is 0 Å². The highest BCUT2D eigenvalue weighted by molar-refractivity contribution is 5.84. The lowest BCUT2D eigenvalue weighted by atomic mass is 10.1. The van der Waals surface area contributed by atoms with E-state index in [1.54, 1.807) is 6.07 Å². The van der Waals surface area contributed by atoms with Gasteiger partial charge in [0.25, 0.3) is 0 Å². The lowest BCUT2D eigenvalue weighted by Crippen LogP contribution is -2.40. The highest BCUT2D eigenvalue weighted by atomic mass is 19.4. The van der Waals surface area contributed by atoms with Crippen molar-refractivity contribution in [2.24, 2.45) is 0 Å². The zero-order valence-corrected chi connectivity index (χ0v) is 14.2. The molecule has 0 unspecified atom stereocenters. The van der Waals surface area contributed by atoms with Gasteiger partial charge in [-0.3, -0.25) is 4.79 Å². The number of halogens is 3. The van der Waals surface area contributed by atoms with Gasteiger partial charge in [0, 0.05) is 13.0 Å². The number of ether oxygens (including phenoxy) is 2. The van der Waals surface area contributed by atoms with Crippen LogP contribution in [0.2, 0.25) is 0 Å². The summed E-state index contributed by atoms with van der Waals surface area (Å²) in [4.78, 5) is 24.8. The van der Waals surface area contributed by atoms with Crippen molar-refractivity contribution < 1.29 is 37.3 Å². The Morgan fingerprint density at radius 1 is 1.31 bits per heavy atom. The molecular weight excluding hydrogens is 355 g/mol.